The van der Waals surface area contributed by atoms with Crippen LogP contribution >= 0.6 is 0 Å². The molecule has 0 saturated heterocycles. The molecule has 1 aliphatic heterocycles. The predicted molar refractivity (Wildman–Crippen MR) is 125 cm³/mol. The first-order valence-electron chi connectivity index (χ1n) is 10.5. The van der Waals surface area contributed by atoms with Gasteiger partial charge in [-0.3, -0.25) is 4.79 Å². The molecule has 34 heavy (non-hydrogen) atoms. The van der Waals surface area contributed by atoms with Gasteiger partial charge in [0.15, 0.2) is 17.1 Å². The zero-order chi connectivity index (χ0) is 23.8. The lowest BCUT2D eigenvalue weighted by molar-refractivity contribution is 0.0703. The first-order chi connectivity index (χ1) is 16.5. The van der Waals surface area contributed by atoms with E-state index in [2.05, 4.69) is 0 Å². The zero-order valence-electron chi connectivity index (χ0n) is 18.7. The smallest absolute Gasteiger partial charge is 0.379 e. The Bertz CT molecular complexity index is 1480. The third kappa shape index (κ3) is 3.77. The number of para-hydroxylation sites is 1. The molecule has 5 rings (SSSR count). The minimum absolute atomic E-state index is 0.0354. The number of carbonyl (C=O) groups excluding carboxylic acids is 2. The second-order valence-corrected chi connectivity index (χ2v) is 7.71. The number of benzene rings is 3. The van der Waals surface area contributed by atoms with Crippen LogP contribution in [0.25, 0.3) is 17.0 Å². The number of furan rings is 1. The summed E-state index contributed by atoms with van der Waals surface area (Å²) in [6, 6.07) is 17.4. The molecule has 2 heterocycles. The average molecular weight is 456 g/mol. The molecule has 3 aromatic carbocycles. The molecule has 0 bridgehead atoms. The van der Waals surface area contributed by atoms with Crippen molar-refractivity contribution in [1.82, 2.24) is 0 Å². The van der Waals surface area contributed by atoms with Crippen LogP contribution in [-0.4, -0.2) is 26.0 Å². The van der Waals surface area contributed by atoms with E-state index in [-0.39, 0.29) is 23.1 Å². The number of Topliss-reactive ketones (excluding diaryl/α,β-unsaturated/α-hetero) is 1. The van der Waals surface area contributed by atoms with Crippen LogP contribution in [0.2, 0.25) is 0 Å². The monoisotopic (exact) mass is 456 g/mol. The number of rotatable bonds is 5. The third-order valence-electron chi connectivity index (χ3n) is 5.47. The van der Waals surface area contributed by atoms with Crippen molar-refractivity contribution < 1.29 is 33.0 Å². The zero-order valence-corrected chi connectivity index (χ0v) is 18.7. The summed E-state index contributed by atoms with van der Waals surface area (Å²) in [5.74, 6) is 1.06. The van der Waals surface area contributed by atoms with Crippen molar-refractivity contribution in [2.45, 2.75) is 6.92 Å². The summed E-state index contributed by atoms with van der Waals surface area (Å²) >= 11 is 0. The van der Waals surface area contributed by atoms with Gasteiger partial charge in [-0.1, -0.05) is 24.3 Å². The Balaban J connectivity index is 1.41. The van der Waals surface area contributed by atoms with E-state index in [1.54, 1.807) is 50.4 Å². The van der Waals surface area contributed by atoms with Crippen molar-refractivity contribution >= 4 is 28.8 Å². The van der Waals surface area contributed by atoms with Crippen LogP contribution in [-0.2, 0) is 0 Å². The van der Waals surface area contributed by atoms with E-state index in [1.807, 2.05) is 24.3 Å². The molecule has 0 atom stereocenters. The Hall–Kier alpha value is -4.52. The van der Waals surface area contributed by atoms with Crippen LogP contribution in [0, 0.1) is 6.92 Å². The van der Waals surface area contributed by atoms with E-state index >= 15 is 0 Å². The number of carbonyl (C=O) groups is 2. The Labute approximate surface area is 195 Å². The molecule has 0 amide bonds. The molecule has 0 radical (unpaired) electrons. The summed E-state index contributed by atoms with van der Waals surface area (Å²) in [5, 5.41) is 0.720. The predicted octanol–water partition coefficient (Wildman–Crippen LogP) is 5.59. The van der Waals surface area contributed by atoms with E-state index in [1.165, 1.54) is 13.2 Å². The molecule has 0 aliphatic carbocycles. The maximum absolute atomic E-state index is 12.9. The van der Waals surface area contributed by atoms with E-state index in [4.69, 9.17) is 23.4 Å². The van der Waals surface area contributed by atoms with Gasteiger partial charge in [-0.25, -0.2) is 4.79 Å². The van der Waals surface area contributed by atoms with Crippen molar-refractivity contribution in [3.63, 3.8) is 0 Å². The maximum Gasteiger partial charge on any atom is 0.379 e. The summed E-state index contributed by atoms with van der Waals surface area (Å²) in [4.78, 5) is 25.7. The number of ether oxygens (including phenoxy) is 4. The van der Waals surface area contributed by atoms with Gasteiger partial charge in [0.25, 0.3) is 0 Å². The number of esters is 1. The van der Waals surface area contributed by atoms with Crippen LogP contribution in [0.4, 0.5) is 0 Å². The number of aryl methyl sites for hydroxylation is 1. The second kappa shape index (κ2) is 8.44. The Morgan fingerprint density at radius 1 is 0.941 bits per heavy atom. The lowest BCUT2D eigenvalue weighted by atomic mass is 10.0. The summed E-state index contributed by atoms with van der Waals surface area (Å²) in [6.07, 6.45) is 1.65. The minimum atomic E-state index is -0.672. The van der Waals surface area contributed by atoms with Gasteiger partial charge in [0.1, 0.15) is 17.2 Å². The van der Waals surface area contributed by atoms with Crippen LogP contribution in [0.15, 0.2) is 70.8 Å². The van der Waals surface area contributed by atoms with E-state index < -0.39 is 5.97 Å². The summed E-state index contributed by atoms with van der Waals surface area (Å²) in [5.41, 5.74) is 2.29. The van der Waals surface area contributed by atoms with Crippen molar-refractivity contribution in [2.75, 3.05) is 14.2 Å². The van der Waals surface area contributed by atoms with Crippen molar-refractivity contribution in [3.8, 4) is 23.0 Å². The van der Waals surface area contributed by atoms with Gasteiger partial charge >= 0.3 is 5.97 Å². The van der Waals surface area contributed by atoms with Crippen LogP contribution in [0.5, 0.6) is 23.0 Å². The molecule has 1 aliphatic rings. The highest BCUT2D eigenvalue weighted by atomic mass is 16.6. The molecule has 0 unspecified atom stereocenters. The number of ketones is 1. The van der Waals surface area contributed by atoms with Gasteiger partial charge in [-0.15, -0.1) is 0 Å². The van der Waals surface area contributed by atoms with E-state index in [9.17, 15) is 9.59 Å². The fraction of sp³-hybridized carbons (Fsp3) is 0.111. The largest absolute Gasteiger partial charge is 0.497 e. The summed E-state index contributed by atoms with van der Waals surface area (Å²) < 4.78 is 27.5. The molecule has 170 valence electrons. The molecule has 0 saturated carbocycles. The van der Waals surface area contributed by atoms with Crippen molar-refractivity contribution in [2.24, 2.45) is 0 Å². The Morgan fingerprint density at radius 2 is 1.76 bits per heavy atom. The molecule has 7 nitrogen and oxygen atoms in total. The van der Waals surface area contributed by atoms with Crippen molar-refractivity contribution in [1.29, 1.82) is 0 Å². The highest BCUT2D eigenvalue weighted by Crippen LogP contribution is 2.38. The van der Waals surface area contributed by atoms with Gasteiger partial charge in [0.05, 0.1) is 19.8 Å². The molecule has 0 fully saturated rings. The van der Waals surface area contributed by atoms with Crippen LogP contribution in [0.3, 0.4) is 0 Å². The number of allylic oxidation sites excluding steroid dienone is 1. The maximum atomic E-state index is 12.9. The molecule has 7 heteroatoms. The molecule has 4 aromatic rings. The Morgan fingerprint density at radius 3 is 2.56 bits per heavy atom. The van der Waals surface area contributed by atoms with Gasteiger partial charge in [-0.05, 0) is 54.5 Å². The number of hydrogen-bond acceptors (Lipinski definition) is 7. The molecule has 0 N–H and O–H groups in total. The van der Waals surface area contributed by atoms with E-state index in [0.29, 0.717) is 34.0 Å². The van der Waals surface area contributed by atoms with Gasteiger partial charge < -0.3 is 23.4 Å². The number of hydrogen-bond donors (Lipinski definition) is 0. The van der Waals surface area contributed by atoms with Crippen LogP contribution < -0.4 is 18.9 Å². The van der Waals surface area contributed by atoms with Gasteiger partial charge in [0, 0.05) is 11.5 Å². The van der Waals surface area contributed by atoms with Crippen molar-refractivity contribution in [3.05, 3.63) is 88.9 Å². The average Bonchev–Trinajstić information content (AvgIpc) is 3.40. The second-order valence-electron chi connectivity index (χ2n) is 7.71. The molecular weight excluding hydrogens is 436 g/mol. The summed E-state index contributed by atoms with van der Waals surface area (Å²) in [6.45, 7) is 1.76. The quantitative estimate of drug-likeness (QED) is 0.220. The SMILES string of the molecule is COc1cccc(/C=C2\Oc3cc(OC(=O)c4cc5cccc(OC)c5o4)cc(C)c3C2=O)c1. The first kappa shape index (κ1) is 21.3. The molecule has 1 aromatic heterocycles. The van der Waals surface area contributed by atoms with Gasteiger partial charge in [0.2, 0.25) is 11.5 Å². The van der Waals surface area contributed by atoms with E-state index in [0.717, 1.165) is 10.9 Å². The topological polar surface area (TPSA) is 84.2 Å². The fourth-order valence-corrected chi connectivity index (χ4v) is 3.87. The lowest BCUT2D eigenvalue weighted by Gasteiger charge is -2.06. The van der Waals surface area contributed by atoms with Gasteiger partial charge in [-0.2, -0.15) is 0 Å². The fourth-order valence-electron chi connectivity index (χ4n) is 3.87. The minimum Gasteiger partial charge on any atom is -0.497 e. The third-order valence-corrected chi connectivity index (χ3v) is 5.47. The number of methoxy groups -OCH3 is 2. The molecular formula is C27H20O7. The summed E-state index contributed by atoms with van der Waals surface area (Å²) in [7, 11) is 3.11. The Kier molecular flexibility index (Phi) is 5.30. The highest BCUT2D eigenvalue weighted by molar-refractivity contribution is 6.15. The standard InChI is InChI=1S/C27H20O7/c1-15-10-19(32-27(29)23-13-17-7-5-9-20(31-3)26(17)34-23)14-21-24(15)25(28)22(33-21)12-16-6-4-8-18(11-16)30-2/h4-14H,1-3H3/b22-12-. The number of fused-ring (bicyclic) bond motifs is 2. The normalized spacial score (nSPS) is 13.6. The highest BCUT2D eigenvalue weighted by Gasteiger charge is 2.30. The van der Waals surface area contributed by atoms with Crippen LogP contribution in [0.1, 0.15) is 32.0 Å². The lowest BCUT2D eigenvalue weighted by Crippen LogP contribution is -2.07. The first-order valence-corrected chi connectivity index (χ1v) is 10.5. The molecule has 0 spiro atoms.